The second-order valence-corrected chi connectivity index (χ2v) is 9.48. The molecule has 34 heavy (non-hydrogen) atoms. The molecule has 0 aliphatic heterocycles. The van der Waals surface area contributed by atoms with Crippen molar-refractivity contribution in [2.24, 2.45) is 0 Å². The highest BCUT2D eigenvalue weighted by molar-refractivity contribution is 7.15. The van der Waals surface area contributed by atoms with Crippen molar-refractivity contribution in [1.29, 1.82) is 0 Å². The van der Waals surface area contributed by atoms with Gasteiger partial charge in [-0.15, -0.1) is 11.3 Å². The van der Waals surface area contributed by atoms with Crippen molar-refractivity contribution in [2.75, 3.05) is 14.2 Å². The van der Waals surface area contributed by atoms with E-state index >= 15 is 0 Å². The Morgan fingerprint density at radius 1 is 1.18 bits per heavy atom. The van der Waals surface area contributed by atoms with E-state index in [9.17, 15) is 4.79 Å². The van der Waals surface area contributed by atoms with Gasteiger partial charge in [-0.3, -0.25) is 9.20 Å². The third-order valence-electron chi connectivity index (χ3n) is 6.54. The van der Waals surface area contributed by atoms with Crippen LogP contribution >= 0.6 is 11.3 Å². The minimum atomic E-state index is 0.129. The molecule has 5 rings (SSSR count). The van der Waals surface area contributed by atoms with Crippen LogP contribution in [-0.4, -0.2) is 40.5 Å². The lowest BCUT2D eigenvalue weighted by atomic mass is 9.93. The summed E-state index contributed by atoms with van der Waals surface area (Å²) in [6.45, 7) is 0.518. The van der Waals surface area contributed by atoms with Gasteiger partial charge in [-0.25, -0.2) is 4.98 Å². The van der Waals surface area contributed by atoms with Gasteiger partial charge in [-0.05, 0) is 43.2 Å². The molecule has 1 aliphatic carbocycles. The molecular formula is C26H29N3O4S. The Balaban J connectivity index is 1.39. The lowest BCUT2D eigenvalue weighted by Gasteiger charge is -2.34. The highest BCUT2D eigenvalue weighted by Gasteiger charge is 2.27. The van der Waals surface area contributed by atoms with E-state index in [4.69, 9.17) is 18.9 Å². The number of carbonyl (C=O) groups is 1. The summed E-state index contributed by atoms with van der Waals surface area (Å²) in [6, 6.07) is 9.85. The van der Waals surface area contributed by atoms with Crippen LogP contribution in [0.4, 0.5) is 0 Å². The van der Waals surface area contributed by atoms with Crippen molar-refractivity contribution in [3.63, 3.8) is 0 Å². The maximum Gasteiger partial charge on any atom is 0.229 e. The topological polar surface area (TPSA) is 69.2 Å². The molecule has 7 nitrogen and oxygen atoms in total. The van der Waals surface area contributed by atoms with E-state index in [2.05, 4.69) is 0 Å². The maximum absolute atomic E-state index is 13.5. The second kappa shape index (κ2) is 9.93. The van der Waals surface area contributed by atoms with Gasteiger partial charge in [0, 0.05) is 28.9 Å². The molecule has 1 saturated carbocycles. The summed E-state index contributed by atoms with van der Waals surface area (Å²) in [5.41, 5.74) is 2.72. The number of furan rings is 1. The Hall–Kier alpha value is -3.26. The second-order valence-electron chi connectivity index (χ2n) is 8.65. The van der Waals surface area contributed by atoms with Gasteiger partial charge in [0.25, 0.3) is 0 Å². The average Bonchev–Trinajstić information content (AvgIpc) is 3.62. The zero-order chi connectivity index (χ0) is 23.5. The number of thiazole rings is 1. The standard InChI is InChI=1S/C26H29N3O4S/c1-31-23-11-10-18(13-24(23)32-2)22-16-29-20(17-34-26(29)27-22)14-25(30)28(15-21-9-6-12-33-21)19-7-4-3-5-8-19/h6,9-13,16-17,19H,3-5,7-8,14-15H2,1-2H3. The third-order valence-corrected chi connectivity index (χ3v) is 7.43. The molecule has 0 saturated heterocycles. The molecule has 0 radical (unpaired) electrons. The van der Waals surface area contributed by atoms with Crippen LogP contribution in [0.5, 0.6) is 11.5 Å². The summed E-state index contributed by atoms with van der Waals surface area (Å²) >= 11 is 1.55. The van der Waals surface area contributed by atoms with Crippen molar-refractivity contribution in [3.05, 3.63) is 59.6 Å². The Morgan fingerprint density at radius 3 is 2.74 bits per heavy atom. The molecule has 8 heteroatoms. The molecular weight excluding hydrogens is 450 g/mol. The van der Waals surface area contributed by atoms with Crippen LogP contribution in [0.1, 0.15) is 43.6 Å². The number of rotatable bonds is 8. The number of benzene rings is 1. The molecule has 3 heterocycles. The number of ether oxygens (including phenoxy) is 2. The van der Waals surface area contributed by atoms with Gasteiger partial charge in [-0.1, -0.05) is 19.3 Å². The van der Waals surface area contributed by atoms with Crippen molar-refractivity contribution >= 4 is 22.2 Å². The summed E-state index contributed by atoms with van der Waals surface area (Å²) < 4.78 is 18.4. The Bertz CT molecular complexity index is 1250. The summed E-state index contributed by atoms with van der Waals surface area (Å²) in [5, 5.41) is 2.03. The first-order valence-electron chi connectivity index (χ1n) is 11.7. The Kier molecular flexibility index (Phi) is 6.58. The lowest BCUT2D eigenvalue weighted by Crippen LogP contribution is -2.41. The minimum absolute atomic E-state index is 0.129. The van der Waals surface area contributed by atoms with Crippen LogP contribution in [-0.2, 0) is 17.8 Å². The van der Waals surface area contributed by atoms with Gasteiger partial charge < -0.3 is 18.8 Å². The summed E-state index contributed by atoms with van der Waals surface area (Å²) in [7, 11) is 3.24. The number of amides is 1. The fourth-order valence-corrected chi connectivity index (χ4v) is 5.60. The lowest BCUT2D eigenvalue weighted by molar-refractivity contribution is -0.134. The van der Waals surface area contributed by atoms with Crippen LogP contribution in [0.15, 0.2) is 52.6 Å². The number of carbonyl (C=O) groups excluding carboxylic acids is 1. The van der Waals surface area contributed by atoms with Crippen LogP contribution in [0.2, 0.25) is 0 Å². The van der Waals surface area contributed by atoms with Crippen molar-refractivity contribution in [3.8, 4) is 22.8 Å². The van der Waals surface area contributed by atoms with E-state index in [0.717, 1.165) is 40.5 Å². The van der Waals surface area contributed by atoms with E-state index < -0.39 is 0 Å². The number of imidazole rings is 1. The number of hydrogen-bond donors (Lipinski definition) is 0. The molecule has 0 unspecified atom stereocenters. The van der Waals surface area contributed by atoms with E-state index in [1.54, 1.807) is 31.8 Å². The predicted octanol–water partition coefficient (Wildman–Crippen LogP) is 5.58. The maximum atomic E-state index is 13.5. The van der Waals surface area contributed by atoms with Gasteiger partial charge in [0.15, 0.2) is 16.5 Å². The number of nitrogens with zero attached hydrogens (tertiary/aromatic N) is 3. The molecule has 0 N–H and O–H groups in total. The number of hydrogen-bond acceptors (Lipinski definition) is 6. The fraction of sp³-hybridized carbons (Fsp3) is 0.385. The molecule has 1 amide bonds. The van der Waals surface area contributed by atoms with Crippen LogP contribution in [0.25, 0.3) is 16.2 Å². The highest BCUT2D eigenvalue weighted by atomic mass is 32.1. The van der Waals surface area contributed by atoms with E-state index in [1.165, 1.54) is 19.3 Å². The Labute approximate surface area is 202 Å². The smallest absolute Gasteiger partial charge is 0.229 e. The number of methoxy groups -OCH3 is 2. The van der Waals surface area contributed by atoms with Gasteiger partial charge in [0.05, 0.1) is 39.1 Å². The first-order chi connectivity index (χ1) is 16.7. The SMILES string of the molecule is COc1ccc(-c2cn3c(CC(=O)N(Cc4ccco4)C4CCCCC4)csc3n2)cc1OC. The summed E-state index contributed by atoms with van der Waals surface area (Å²) in [6.07, 6.45) is 9.70. The molecule has 1 aliphatic rings. The van der Waals surface area contributed by atoms with E-state index in [0.29, 0.717) is 24.5 Å². The monoisotopic (exact) mass is 479 g/mol. The van der Waals surface area contributed by atoms with Crippen LogP contribution < -0.4 is 9.47 Å². The number of aromatic nitrogens is 2. The Morgan fingerprint density at radius 2 is 2.00 bits per heavy atom. The molecule has 0 spiro atoms. The van der Waals surface area contributed by atoms with Crippen LogP contribution in [0, 0.1) is 0 Å². The zero-order valence-corrected chi connectivity index (χ0v) is 20.3. The predicted molar refractivity (Wildman–Crippen MR) is 131 cm³/mol. The quantitative estimate of drug-likeness (QED) is 0.330. The van der Waals surface area contributed by atoms with Crippen molar-refractivity contribution < 1.29 is 18.7 Å². The van der Waals surface area contributed by atoms with E-state index in [-0.39, 0.29) is 11.9 Å². The first kappa shape index (κ1) is 22.5. The van der Waals surface area contributed by atoms with Crippen LogP contribution in [0.3, 0.4) is 0 Å². The van der Waals surface area contributed by atoms with Gasteiger partial charge in [-0.2, -0.15) is 0 Å². The first-order valence-corrected chi connectivity index (χ1v) is 12.5. The average molecular weight is 480 g/mol. The molecule has 1 aromatic carbocycles. The van der Waals surface area contributed by atoms with Gasteiger partial charge >= 0.3 is 0 Å². The highest BCUT2D eigenvalue weighted by Crippen LogP contribution is 2.33. The van der Waals surface area contributed by atoms with Gasteiger partial charge in [0.2, 0.25) is 5.91 Å². The summed E-state index contributed by atoms with van der Waals surface area (Å²) in [4.78, 5) is 21.2. The largest absolute Gasteiger partial charge is 0.493 e. The normalized spacial score (nSPS) is 14.4. The summed E-state index contributed by atoms with van der Waals surface area (Å²) in [5.74, 6) is 2.29. The number of fused-ring (bicyclic) bond motifs is 1. The van der Waals surface area contributed by atoms with Gasteiger partial charge in [0.1, 0.15) is 5.76 Å². The van der Waals surface area contributed by atoms with Crippen molar-refractivity contribution in [1.82, 2.24) is 14.3 Å². The molecule has 0 atom stereocenters. The zero-order valence-electron chi connectivity index (χ0n) is 19.5. The molecule has 178 valence electrons. The molecule has 3 aromatic heterocycles. The molecule has 1 fully saturated rings. The molecule has 4 aromatic rings. The van der Waals surface area contributed by atoms with Crippen molar-refractivity contribution in [2.45, 2.75) is 51.1 Å². The third kappa shape index (κ3) is 4.55. The fourth-order valence-electron chi connectivity index (χ4n) is 4.73. The minimum Gasteiger partial charge on any atom is -0.493 e. The molecule has 0 bridgehead atoms. The van der Waals surface area contributed by atoms with E-state index in [1.807, 2.05) is 51.2 Å².